The maximum absolute atomic E-state index is 12.4. The molecular weight excluding hydrogens is 406 g/mol. The van der Waals surface area contributed by atoms with Crippen LogP contribution in [-0.2, 0) is 17.8 Å². The van der Waals surface area contributed by atoms with Gasteiger partial charge in [0.2, 0.25) is 5.91 Å². The predicted molar refractivity (Wildman–Crippen MR) is 117 cm³/mol. The number of nitrogens with one attached hydrogen (secondary N) is 2. The van der Waals surface area contributed by atoms with E-state index >= 15 is 0 Å². The van der Waals surface area contributed by atoms with Gasteiger partial charge in [-0.25, -0.2) is 9.97 Å². The SMILES string of the molecule is CC(C)C(=O)N1CCc2c(sc3ncnc(Nc4ccc5[nH]c(=O)sc5c4)c23)C1. The zero-order chi connectivity index (χ0) is 20.1. The fraction of sp³-hybridized carbons (Fsp3) is 0.300. The highest BCUT2D eigenvalue weighted by Crippen LogP contribution is 2.38. The molecule has 4 heterocycles. The first-order valence-electron chi connectivity index (χ1n) is 9.43. The third-order valence-corrected chi connectivity index (χ3v) is 7.10. The summed E-state index contributed by atoms with van der Waals surface area (Å²) in [7, 11) is 0. The molecule has 3 aromatic heterocycles. The van der Waals surface area contributed by atoms with Crippen LogP contribution in [0.5, 0.6) is 0 Å². The van der Waals surface area contributed by atoms with E-state index in [4.69, 9.17) is 0 Å². The predicted octanol–water partition coefficient (Wildman–Crippen LogP) is 3.88. The topological polar surface area (TPSA) is 91.0 Å². The van der Waals surface area contributed by atoms with Crippen LogP contribution in [0.4, 0.5) is 11.5 Å². The maximum atomic E-state index is 12.4. The molecule has 7 nitrogen and oxygen atoms in total. The molecule has 0 bridgehead atoms. The molecule has 0 atom stereocenters. The van der Waals surface area contributed by atoms with E-state index in [1.165, 1.54) is 21.8 Å². The smallest absolute Gasteiger partial charge is 0.305 e. The highest BCUT2D eigenvalue weighted by Gasteiger charge is 2.27. The Morgan fingerprint density at radius 2 is 2.14 bits per heavy atom. The van der Waals surface area contributed by atoms with E-state index in [1.807, 2.05) is 36.9 Å². The normalized spacial score (nSPS) is 14.0. The van der Waals surface area contributed by atoms with Crippen LogP contribution < -0.4 is 10.2 Å². The molecule has 0 spiro atoms. The van der Waals surface area contributed by atoms with Gasteiger partial charge in [0.25, 0.3) is 0 Å². The van der Waals surface area contributed by atoms with Gasteiger partial charge in [-0.15, -0.1) is 11.3 Å². The summed E-state index contributed by atoms with van der Waals surface area (Å²) in [6.07, 6.45) is 2.37. The Morgan fingerprint density at radius 3 is 2.97 bits per heavy atom. The number of carbonyl (C=O) groups excluding carboxylic acids is 1. The molecule has 4 aromatic rings. The monoisotopic (exact) mass is 425 g/mol. The summed E-state index contributed by atoms with van der Waals surface area (Å²) in [6, 6.07) is 5.78. The van der Waals surface area contributed by atoms with Crippen LogP contribution >= 0.6 is 22.7 Å². The van der Waals surface area contributed by atoms with Gasteiger partial charge in [-0.05, 0) is 30.2 Å². The number of aromatic amines is 1. The van der Waals surface area contributed by atoms with Gasteiger partial charge in [0.1, 0.15) is 17.0 Å². The third-order valence-electron chi connectivity index (χ3n) is 5.13. The van der Waals surface area contributed by atoms with E-state index in [0.717, 1.165) is 38.4 Å². The Hall–Kier alpha value is -2.78. The van der Waals surface area contributed by atoms with Crippen molar-refractivity contribution in [3.8, 4) is 0 Å². The second-order valence-electron chi connectivity index (χ2n) is 7.42. The van der Waals surface area contributed by atoms with Gasteiger partial charge in [0.05, 0.1) is 22.1 Å². The van der Waals surface area contributed by atoms with Crippen LogP contribution in [0, 0.1) is 5.92 Å². The second-order valence-corrected chi connectivity index (χ2v) is 9.52. The van der Waals surface area contributed by atoms with Crippen molar-refractivity contribution in [2.45, 2.75) is 26.8 Å². The number of fused-ring (bicyclic) bond motifs is 4. The minimum absolute atomic E-state index is 0.00185. The fourth-order valence-corrected chi connectivity index (χ4v) is 5.71. The van der Waals surface area contributed by atoms with E-state index in [2.05, 4.69) is 20.3 Å². The largest absolute Gasteiger partial charge is 0.340 e. The Morgan fingerprint density at radius 1 is 1.28 bits per heavy atom. The van der Waals surface area contributed by atoms with Crippen LogP contribution in [-0.4, -0.2) is 32.3 Å². The molecule has 9 heteroatoms. The van der Waals surface area contributed by atoms with Crippen LogP contribution in [0.1, 0.15) is 24.3 Å². The van der Waals surface area contributed by atoms with Crippen LogP contribution in [0.3, 0.4) is 0 Å². The summed E-state index contributed by atoms with van der Waals surface area (Å²) in [5.74, 6) is 0.955. The number of amides is 1. The summed E-state index contributed by atoms with van der Waals surface area (Å²) in [5, 5.41) is 4.44. The summed E-state index contributed by atoms with van der Waals surface area (Å²) in [4.78, 5) is 39.7. The molecule has 5 rings (SSSR count). The zero-order valence-corrected chi connectivity index (χ0v) is 17.6. The molecule has 0 saturated carbocycles. The van der Waals surface area contributed by atoms with Crippen LogP contribution in [0.25, 0.3) is 20.4 Å². The number of rotatable bonds is 3. The lowest BCUT2D eigenvalue weighted by Crippen LogP contribution is -2.37. The summed E-state index contributed by atoms with van der Waals surface area (Å²) < 4.78 is 0.903. The lowest BCUT2D eigenvalue weighted by atomic mass is 10.0. The highest BCUT2D eigenvalue weighted by molar-refractivity contribution is 7.19. The van der Waals surface area contributed by atoms with Gasteiger partial charge in [-0.2, -0.15) is 0 Å². The van der Waals surface area contributed by atoms with E-state index in [9.17, 15) is 9.59 Å². The van der Waals surface area contributed by atoms with Crippen molar-refractivity contribution in [3.05, 3.63) is 44.6 Å². The molecule has 1 amide bonds. The Balaban J connectivity index is 1.52. The van der Waals surface area contributed by atoms with Crippen molar-refractivity contribution in [2.75, 3.05) is 11.9 Å². The molecule has 2 N–H and O–H groups in total. The van der Waals surface area contributed by atoms with E-state index in [-0.39, 0.29) is 16.7 Å². The molecule has 148 valence electrons. The van der Waals surface area contributed by atoms with Gasteiger partial charge in [-0.1, -0.05) is 25.2 Å². The molecule has 0 aliphatic carbocycles. The van der Waals surface area contributed by atoms with Crippen molar-refractivity contribution in [3.63, 3.8) is 0 Å². The van der Waals surface area contributed by atoms with Gasteiger partial charge < -0.3 is 15.2 Å². The first-order chi connectivity index (χ1) is 14.0. The Bertz CT molecular complexity index is 1300. The second kappa shape index (κ2) is 6.93. The molecule has 0 unspecified atom stereocenters. The van der Waals surface area contributed by atoms with E-state index in [1.54, 1.807) is 17.7 Å². The number of nitrogens with zero attached hydrogens (tertiary/aromatic N) is 3. The first-order valence-corrected chi connectivity index (χ1v) is 11.1. The molecule has 0 fully saturated rings. The van der Waals surface area contributed by atoms with E-state index in [0.29, 0.717) is 13.1 Å². The van der Waals surface area contributed by atoms with Crippen molar-refractivity contribution in [1.82, 2.24) is 19.9 Å². The summed E-state index contributed by atoms with van der Waals surface area (Å²) >= 11 is 2.82. The average molecular weight is 426 g/mol. The molecule has 1 aromatic carbocycles. The van der Waals surface area contributed by atoms with Gasteiger partial charge in [0.15, 0.2) is 0 Å². The standard InChI is InChI=1S/C20H19N5O2S2/c1-10(2)19(26)25-6-5-12-15(8-25)28-18-16(12)17(21-9-22-18)23-11-3-4-13-14(7-11)29-20(27)24-13/h3-4,7,9-10H,5-6,8H2,1-2H3,(H,24,27)(H,21,22,23). The van der Waals surface area contributed by atoms with Crippen molar-refractivity contribution in [2.24, 2.45) is 5.92 Å². The summed E-state index contributed by atoms with van der Waals surface area (Å²) in [6.45, 7) is 5.23. The lowest BCUT2D eigenvalue weighted by Gasteiger charge is -2.28. The van der Waals surface area contributed by atoms with Gasteiger partial charge >= 0.3 is 4.87 Å². The summed E-state index contributed by atoms with van der Waals surface area (Å²) in [5.41, 5.74) is 2.94. The minimum atomic E-state index is -0.0611. The number of thiophene rings is 1. The number of thiazole rings is 1. The lowest BCUT2D eigenvalue weighted by molar-refractivity contribution is -0.135. The highest BCUT2D eigenvalue weighted by atomic mass is 32.1. The van der Waals surface area contributed by atoms with E-state index < -0.39 is 0 Å². The number of anilines is 2. The fourth-order valence-electron chi connectivity index (χ4n) is 3.74. The molecule has 1 aliphatic heterocycles. The number of benzene rings is 1. The molecule has 0 saturated heterocycles. The van der Waals surface area contributed by atoms with Gasteiger partial charge in [-0.3, -0.25) is 9.59 Å². The van der Waals surface area contributed by atoms with Crippen molar-refractivity contribution < 1.29 is 4.79 Å². The third kappa shape index (κ3) is 3.20. The van der Waals surface area contributed by atoms with Crippen LogP contribution in [0.15, 0.2) is 29.3 Å². The Kier molecular flexibility index (Phi) is 4.36. The Labute approximate surface area is 174 Å². The minimum Gasteiger partial charge on any atom is -0.340 e. The molecular formula is C20H19N5O2S2. The number of hydrogen-bond donors (Lipinski definition) is 2. The molecule has 0 radical (unpaired) electrons. The van der Waals surface area contributed by atoms with Crippen LogP contribution in [0.2, 0.25) is 0 Å². The quantitative estimate of drug-likeness (QED) is 0.520. The zero-order valence-electron chi connectivity index (χ0n) is 16.0. The number of hydrogen-bond acceptors (Lipinski definition) is 7. The number of H-pyrrole nitrogens is 1. The first kappa shape index (κ1) is 18.3. The molecule has 29 heavy (non-hydrogen) atoms. The number of aromatic nitrogens is 3. The maximum Gasteiger partial charge on any atom is 0.305 e. The van der Waals surface area contributed by atoms with Crippen molar-refractivity contribution in [1.29, 1.82) is 0 Å². The van der Waals surface area contributed by atoms with Crippen molar-refractivity contribution >= 4 is 60.5 Å². The average Bonchev–Trinajstić information content (AvgIpc) is 3.26. The molecule has 1 aliphatic rings. The number of carbonyl (C=O) groups is 1. The van der Waals surface area contributed by atoms with Gasteiger partial charge in [0, 0.05) is 23.0 Å².